The SMILES string of the molecule is O=C(Nc1ccc(F)cc1F)N1CCCCC[C@@H]1c1cccs1. The number of halogens is 2. The van der Waals surface area contributed by atoms with E-state index in [1.54, 1.807) is 16.2 Å². The molecule has 0 radical (unpaired) electrons. The number of nitrogens with one attached hydrogen (secondary N) is 1. The van der Waals surface area contributed by atoms with E-state index in [1.807, 2.05) is 17.5 Å². The molecular formula is C17H18F2N2OS. The number of carbonyl (C=O) groups excluding carboxylic acids is 1. The van der Waals surface area contributed by atoms with E-state index < -0.39 is 11.6 Å². The van der Waals surface area contributed by atoms with Gasteiger partial charge in [0.1, 0.15) is 11.6 Å². The lowest BCUT2D eigenvalue weighted by molar-refractivity contribution is 0.190. The normalized spacial score (nSPS) is 18.5. The third-order valence-electron chi connectivity index (χ3n) is 4.06. The minimum Gasteiger partial charge on any atom is -0.317 e. The molecule has 1 aromatic heterocycles. The number of likely N-dealkylation sites (tertiary alicyclic amines) is 1. The van der Waals surface area contributed by atoms with Gasteiger partial charge >= 0.3 is 6.03 Å². The number of carbonyl (C=O) groups is 1. The molecule has 2 heterocycles. The second-order valence-corrected chi connectivity index (χ2v) is 6.61. The van der Waals surface area contributed by atoms with Crippen LogP contribution in [-0.2, 0) is 0 Å². The van der Waals surface area contributed by atoms with Crippen molar-refractivity contribution in [1.82, 2.24) is 4.90 Å². The van der Waals surface area contributed by atoms with Crippen LogP contribution in [0.4, 0.5) is 19.3 Å². The summed E-state index contributed by atoms with van der Waals surface area (Å²) in [6.45, 7) is 0.636. The lowest BCUT2D eigenvalue weighted by Gasteiger charge is -2.29. The third kappa shape index (κ3) is 3.69. The quantitative estimate of drug-likeness (QED) is 0.805. The van der Waals surface area contributed by atoms with Crippen molar-refractivity contribution in [2.75, 3.05) is 11.9 Å². The van der Waals surface area contributed by atoms with Crippen LogP contribution in [0.3, 0.4) is 0 Å². The van der Waals surface area contributed by atoms with Gasteiger partial charge < -0.3 is 10.2 Å². The third-order valence-corrected chi connectivity index (χ3v) is 5.03. The molecule has 0 bridgehead atoms. The Morgan fingerprint density at radius 1 is 1.22 bits per heavy atom. The average molecular weight is 336 g/mol. The van der Waals surface area contributed by atoms with Crippen LogP contribution >= 0.6 is 11.3 Å². The van der Waals surface area contributed by atoms with E-state index in [0.717, 1.165) is 42.7 Å². The van der Waals surface area contributed by atoms with Gasteiger partial charge in [-0.1, -0.05) is 18.9 Å². The standard InChI is InChI=1S/C17H18F2N2OS/c18-12-7-8-14(13(19)11-12)20-17(22)21-9-3-1-2-5-15(21)16-6-4-10-23-16/h4,6-8,10-11,15H,1-3,5,9H2,(H,20,22)/t15-/m1/s1. The predicted molar refractivity (Wildman–Crippen MR) is 87.6 cm³/mol. The Kier molecular flexibility index (Phi) is 4.91. The van der Waals surface area contributed by atoms with Crippen LogP contribution in [-0.4, -0.2) is 17.5 Å². The van der Waals surface area contributed by atoms with Gasteiger partial charge in [-0.2, -0.15) is 0 Å². The minimum absolute atomic E-state index is 0.00516. The molecule has 3 nitrogen and oxygen atoms in total. The maximum atomic E-state index is 13.8. The van der Waals surface area contributed by atoms with Gasteiger partial charge in [0.05, 0.1) is 11.7 Å². The summed E-state index contributed by atoms with van der Waals surface area (Å²) in [5.74, 6) is -1.42. The highest BCUT2D eigenvalue weighted by Crippen LogP contribution is 2.33. The summed E-state index contributed by atoms with van der Waals surface area (Å²) in [6.07, 6.45) is 3.98. The van der Waals surface area contributed by atoms with Crippen molar-refractivity contribution >= 4 is 23.1 Å². The van der Waals surface area contributed by atoms with Gasteiger partial charge in [-0.25, -0.2) is 13.6 Å². The monoisotopic (exact) mass is 336 g/mol. The molecule has 0 aliphatic carbocycles. The number of nitrogens with zero attached hydrogens (tertiary/aromatic N) is 1. The van der Waals surface area contributed by atoms with Gasteiger partial charge in [-0.3, -0.25) is 0 Å². The zero-order valence-electron chi connectivity index (χ0n) is 12.6. The fourth-order valence-corrected chi connectivity index (χ4v) is 3.78. The van der Waals surface area contributed by atoms with Crippen LogP contribution in [0.5, 0.6) is 0 Å². The molecule has 3 rings (SSSR count). The number of urea groups is 1. The van der Waals surface area contributed by atoms with Crippen molar-refractivity contribution in [2.45, 2.75) is 31.7 Å². The largest absolute Gasteiger partial charge is 0.322 e. The number of thiophene rings is 1. The molecule has 1 atom stereocenters. The summed E-state index contributed by atoms with van der Waals surface area (Å²) in [5.41, 5.74) is 0.00516. The van der Waals surface area contributed by atoms with Gasteiger partial charge in [0.25, 0.3) is 0 Å². The maximum absolute atomic E-state index is 13.8. The molecule has 1 aliphatic rings. The Balaban J connectivity index is 1.80. The molecule has 2 amide bonds. The summed E-state index contributed by atoms with van der Waals surface area (Å²) >= 11 is 1.63. The second-order valence-electron chi connectivity index (χ2n) is 5.63. The molecule has 6 heteroatoms. The zero-order chi connectivity index (χ0) is 16.2. The van der Waals surface area contributed by atoms with Crippen LogP contribution < -0.4 is 5.32 Å². The van der Waals surface area contributed by atoms with Crippen molar-refractivity contribution in [1.29, 1.82) is 0 Å². The number of amides is 2. The van der Waals surface area contributed by atoms with E-state index in [4.69, 9.17) is 0 Å². The fraction of sp³-hybridized carbons (Fsp3) is 0.353. The summed E-state index contributed by atoms with van der Waals surface area (Å²) < 4.78 is 26.7. The van der Waals surface area contributed by atoms with E-state index in [0.29, 0.717) is 6.54 Å². The molecule has 0 unspecified atom stereocenters. The van der Waals surface area contributed by atoms with Crippen molar-refractivity contribution in [3.63, 3.8) is 0 Å². The lowest BCUT2D eigenvalue weighted by Crippen LogP contribution is -2.38. The lowest BCUT2D eigenvalue weighted by atomic mass is 10.1. The smallest absolute Gasteiger partial charge is 0.317 e. The Bertz CT molecular complexity index is 675. The van der Waals surface area contributed by atoms with Gasteiger partial charge in [-0.05, 0) is 36.4 Å². The molecule has 23 heavy (non-hydrogen) atoms. The average Bonchev–Trinajstić information content (AvgIpc) is 2.94. The Morgan fingerprint density at radius 3 is 2.83 bits per heavy atom. The fourth-order valence-electron chi connectivity index (χ4n) is 2.91. The number of benzene rings is 1. The molecule has 1 saturated heterocycles. The first-order valence-electron chi connectivity index (χ1n) is 7.71. The maximum Gasteiger partial charge on any atom is 0.322 e. The van der Waals surface area contributed by atoms with E-state index >= 15 is 0 Å². The first kappa shape index (κ1) is 15.9. The zero-order valence-corrected chi connectivity index (χ0v) is 13.4. The second kappa shape index (κ2) is 7.08. The summed E-state index contributed by atoms with van der Waals surface area (Å²) in [7, 11) is 0. The number of anilines is 1. The molecule has 0 saturated carbocycles. The first-order chi connectivity index (χ1) is 11.1. The summed E-state index contributed by atoms with van der Waals surface area (Å²) in [5, 5.41) is 4.57. The highest BCUT2D eigenvalue weighted by Gasteiger charge is 2.27. The Labute approximate surface area is 137 Å². The predicted octanol–water partition coefficient (Wildman–Crippen LogP) is 5.18. The van der Waals surface area contributed by atoms with Crippen LogP contribution in [0.2, 0.25) is 0 Å². The van der Waals surface area contributed by atoms with Crippen LogP contribution in [0, 0.1) is 11.6 Å². The Morgan fingerprint density at radius 2 is 2.09 bits per heavy atom. The minimum atomic E-state index is -0.763. The molecule has 0 spiro atoms. The molecule has 2 aromatic rings. The van der Waals surface area contributed by atoms with Crippen LogP contribution in [0.15, 0.2) is 35.7 Å². The first-order valence-corrected chi connectivity index (χ1v) is 8.59. The molecule has 1 fully saturated rings. The van der Waals surface area contributed by atoms with E-state index in [-0.39, 0.29) is 17.8 Å². The van der Waals surface area contributed by atoms with Gasteiger partial charge in [0.15, 0.2) is 0 Å². The topological polar surface area (TPSA) is 32.3 Å². The van der Waals surface area contributed by atoms with E-state index in [9.17, 15) is 13.6 Å². The number of rotatable bonds is 2. The van der Waals surface area contributed by atoms with Gasteiger partial charge in [-0.15, -0.1) is 11.3 Å². The van der Waals surface area contributed by atoms with Gasteiger partial charge in [0, 0.05) is 17.5 Å². The highest BCUT2D eigenvalue weighted by atomic mass is 32.1. The summed E-state index contributed by atoms with van der Waals surface area (Å²) in [4.78, 5) is 15.5. The van der Waals surface area contributed by atoms with Gasteiger partial charge in [0.2, 0.25) is 0 Å². The number of hydrogen-bond donors (Lipinski definition) is 1. The number of hydrogen-bond acceptors (Lipinski definition) is 2. The molecule has 1 aliphatic heterocycles. The van der Waals surface area contributed by atoms with E-state index in [2.05, 4.69) is 5.32 Å². The molecular weight excluding hydrogens is 318 g/mol. The van der Waals surface area contributed by atoms with Crippen LogP contribution in [0.1, 0.15) is 36.6 Å². The van der Waals surface area contributed by atoms with Crippen molar-refractivity contribution in [2.24, 2.45) is 0 Å². The van der Waals surface area contributed by atoms with Crippen molar-refractivity contribution in [3.05, 3.63) is 52.2 Å². The molecule has 122 valence electrons. The van der Waals surface area contributed by atoms with Crippen molar-refractivity contribution < 1.29 is 13.6 Å². The highest BCUT2D eigenvalue weighted by molar-refractivity contribution is 7.10. The molecule has 1 N–H and O–H groups in total. The Hall–Kier alpha value is -1.95. The van der Waals surface area contributed by atoms with Crippen molar-refractivity contribution in [3.8, 4) is 0 Å². The summed E-state index contributed by atoms with van der Waals surface area (Å²) in [6, 6.07) is 6.84. The molecule has 1 aromatic carbocycles. The van der Waals surface area contributed by atoms with Crippen LogP contribution in [0.25, 0.3) is 0 Å². The van der Waals surface area contributed by atoms with E-state index in [1.165, 1.54) is 6.07 Å².